The Morgan fingerprint density at radius 3 is 2.80 bits per heavy atom. The number of imide groups is 1. The largest absolute Gasteiger partial charge is 0.497 e. The molecular formula is C13H16N2O5. The maximum absolute atomic E-state index is 11.4. The molecule has 1 aliphatic rings. The minimum absolute atomic E-state index is 0.0236. The topological polar surface area (TPSA) is 88.1 Å². The van der Waals surface area contributed by atoms with Gasteiger partial charge in [-0.3, -0.25) is 9.69 Å². The van der Waals surface area contributed by atoms with Crippen molar-refractivity contribution in [2.75, 3.05) is 26.8 Å². The highest BCUT2D eigenvalue weighted by molar-refractivity contribution is 6.01. The van der Waals surface area contributed by atoms with Gasteiger partial charge in [-0.25, -0.2) is 4.79 Å². The van der Waals surface area contributed by atoms with E-state index in [1.807, 2.05) is 0 Å². The number of amides is 3. The van der Waals surface area contributed by atoms with Crippen molar-refractivity contribution in [1.29, 1.82) is 0 Å². The molecule has 1 aromatic carbocycles. The Balaban J connectivity index is 1.84. The summed E-state index contributed by atoms with van der Waals surface area (Å²) in [5.74, 6) is 0.835. The average molecular weight is 280 g/mol. The zero-order chi connectivity index (χ0) is 14.5. The SMILES string of the molecule is COc1cccc(OC[C@@H](O)CN2C(=O)CNC2=O)c1. The molecule has 0 unspecified atom stereocenters. The molecule has 0 aromatic heterocycles. The van der Waals surface area contributed by atoms with E-state index in [0.717, 1.165) is 4.90 Å². The quantitative estimate of drug-likeness (QED) is 0.715. The zero-order valence-electron chi connectivity index (χ0n) is 11.0. The molecule has 2 rings (SSSR count). The van der Waals surface area contributed by atoms with E-state index in [-0.39, 0.29) is 25.6 Å². The lowest BCUT2D eigenvalue weighted by Gasteiger charge is -2.17. The zero-order valence-corrected chi connectivity index (χ0v) is 11.0. The number of aliphatic hydroxyl groups excluding tert-OH is 1. The minimum Gasteiger partial charge on any atom is -0.497 e. The molecule has 1 aromatic rings. The normalized spacial score (nSPS) is 16.0. The van der Waals surface area contributed by atoms with E-state index in [0.29, 0.717) is 11.5 Å². The van der Waals surface area contributed by atoms with Crippen molar-refractivity contribution in [3.63, 3.8) is 0 Å². The van der Waals surface area contributed by atoms with Crippen molar-refractivity contribution >= 4 is 11.9 Å². The lowest BCUT2D eigenvalue weighted by Crippen LogP contribution is -2.39. The van der Waals surface area contributed by atoms with E-state index in [4.69, 9.17) is 9.47 Å². The lowest BCUT2D eigenvalue weighted by molar-refractivity contribution is -0.126. The van der Waals surface area contributed by atoms with Crippen molar-refractivity contribution in [3.05, 3.63) is 24.3 Å². The lowest BCUT2D eigenvalue weighted by atomic mass is 10.3. The summed E-state index contributed by atoms with van der Waals surface area (Å²) in [6, 6.07) is 6.45. The van der Waals surface area contributed by atoms with Crippen LogP contribution in [-0.4, -0.2) is 54.9 Å². The van der Waals surface area contributed by atoms with Crippen LogP contribution in [0.1, 0.15) is 0 Å². The van der Waals surface area contributed by atoms with Crippen molar-refractivity contribution in [2.24, 2.45) is 0 Å². The van der Waals surface area contributed by atoms with E-state index >= 15 is 0 Å². The Kier molecular flexibility index (Phi) is 4.41. The fraction of sp³-hybridized carbons (Fsp3) is 0.385. The number of methoxy groups -OCH3 is 1. The maximum atomic E-state index is 11.4. The number of nitrogens with zero attached hydrogens (tertiary/aromatic N) is 1. The Bertz CT molecular complexity index is 489. The van der Waals surface area contributed by atoms with Gasteiger partial charge < -0.3 is 19.9 Å². The molecule has 3 amide bonds. The number of ether oxygens (including phenoxy) is 2. The van der Waals surface area contributed by atoms with Gasteiger partial charge in [0.15, 0.2) is 0 Å². The first-order chi connectivity index (χ1) is 9.60. The molecule has 1 heterocycles. The standard InChI is InChI=1S/C13H16N2O5/c1-19-10-3-2-4-11(5-10)20-8-9(16)7-15-12(17)6-14-13(15)18/h2-5,9,16H,6-8H2,1H3,(H,14,18)/t9-/m0/s1. The summed E-state index contributed by atoms with van der Waals surface area (Å²) in [7, 11) is 1.55. The molecule has 1 fully saturated rings. The number of carbonyl (C=O) groups is 2. The predicted molar refractivity (Wildman–Crippen MR) is 69.6 cm³/mol. The Morgan fingerprint density at radius 2 is 2.15 bits per heavy atom. The maximum Gasteiger partial charge on any atom is 0.324 e. The molecule has 1 aliphatic heterocycles. The fourth-order valence-electron chi connectivity index (χ4n) is 1.79. The Morgan fingerprint density at radius 1 is 1.40 bits per heavy atom. The number of nitrogens with one attached hydrogen (secondary N) is 1. The summed E-state index contributed by atoms with van der Waals surface area (Å²) in [5, 5.41) is 12.2. The predicted octanol–water partition coefficient (Wildman–Crippen LogP) is -0.0133. The van der Waals surface area contributed by atoms with Gasteiger partial charge in [0.05, 0.1) is 20.2 Å². The first kappa shape index (κ1) is 14.1. The monoisotopic (exact) mass is 280 g/mol. The van der Waals surface area contributed by atoms with Crippen LogP contribution in [0.5, 0.6) is 11.5 Å². The second-order valence-electron chi connectivity index (χ2n) is 4.31. The molecule has 2 N–H and O–H groups in total. The first-order valence-corrected chi connectivity index (χ1v) is 6.13. The number of rotatable bonds is 6. The van der Waals surface area contributed by atoms with Gasteiger partial charge in [0.25, 0.3) is 0 Å². The summed E-state index contributed by atoms with van der Waals surface area (Å²) in [4.78, 5) is 23.6. The highest BCUT2D eigenvalue weighted by Gasteiger charge is 2.30. The van der Waals surface area contributed by atoms with Gasteiger partial charge in [-0.2, -0.15) is 0 Å². The number of β-amino-alcohol motifs (C(OH)–C–C–N with tert-alkyl or cyclic N) is 1. The van der Waals surface area contributed by atoms with E-state index in [2.05, 4.69) is 5.32 Å². The number of carbonyl (C=O) groups excluding carboxylic acids is 2. The molecule has 7 nitrogen and oxygen atoms in total. The van der Waals surface area contributed by atoms with E-state index in [1.165, 1.54) is 0 Å². The van der Waals surface area contributed by atoms with Gasteiger partial charge in [0.2, 0.25) is 5.91 Å². The number of aliphatic hydroxyl groups is 1. The Labute approximate surface area is 116 Å². The molecule has 0 bridgehead atoms. The van der Waals surface area contributed by atoms with Crippen LogP contribution < -0.4 is 14.8 Å². The minimum atomic E-state index is -0.950. The van der Waals surface area contributed by atoms with E-state index in [9.17, 15) is 14.7 Å². The smallest absolute Gasteiger partial charge is 0.324 e. The van der Waals surface area contributed by atoms with Gasteiger partial charge >= 0.3 is 6.03 Å². The van der Waals surface area contributed by atoms with Crippen LogP contribution in [0.15, 0.2) is 24.3 Å². The highest BCUT2D eigenvalue weighted by atomic mass is 16.5. The van der Waals surface area contributed by atoms with Crippen LogP contribution in [0.25, 0.3) is 0 Å². The van der Waals surface area contributed by atoms with Gasteiger partial charge in [0.1, 0.15) is 24.2 Å². The molecule has 1 atom stereocenters. The second-order valence-corrected chi connectivity index (χ2v) is 4.31. The fourth-order valence-corrected chi connectivity index (χ4v) is 1.79. The number of benzene rings is 1. The van der Waals surface area contributed by atoms with Crippen LogP contribution in [0.2, 0.25) is 0 Å². The van der Waals surface area contributed by atoms with Crippen LogP contribution in [0.3, 0.4) is 0 Å². The molecular weight excluding hydrogens is 264 g/mol. The summed E-state index contributed by atoms with van der Waals surface area (Å²) < 4.78 is 10.4. The average Bonchev–Trinajstić information content (AvgIpc) is 2.77. The molecule has 108 valence electrons. The van der Waals surface area contributed by atoms with Crippen LogP contribution >= 0.6 is 0 Å². The number of hydrogen-bond donors (Lipinski definition) is 2. The molecule has 7 heteroatoms. The van der Waals surface area contributed by atoms with Gasteiger partial charge in [-0.1, -0.05) is 6.07 Å². The van der Waals surface area contributed by atoms with E-state index in [1.54, 1.807) is 31.4 Å². The number of urea groups is 1. The van der Waals surface area contributed by atoms with E-state index < -0.39 is 12.1 Å². The van der Waals surface area contributed by atoms with Crippen molar-refractivity contribution in [1.82, 2.24) is 10.2 Å². The van der Waals surface area contributed by atoms with Gasteiger partial charge in [-0.05, 0) is 12.1 Å². The highest BCUT2D eigenvalue weighted by Crippen LogP contribution is 2.19. The third-order valence-corrected chi connectivity index (χ3v) is 2.81. The van der Waals surface area contributed by atoms with Crippen molar-refractivity contribution in [3.8, 4) is 11.5 Å². The molecule has 0 saturated carbocycles. The van der Waals surface area contributed by atoms with Crippen LogP contribution in [-0.2, 0) is 4.79 Å². The van der Waals surface area contributed by atoms with Gasteiger partial charge in [0, 0.05) is 6.07 Å². The summed E-state index contributed by atoms with van der Waals surface area (Å²) in [6.07, 6.45) is -0.950. The van der Waals surface area contributed by atoms with Gasteiger partial charge in [-0.15, -0.1) is 0 Å². The van der Waals surface area contributed by atoms with Crippen LogP contribution in [0, 0.1) is 0 Å². The molecule has 1 saturated heterocycles. The second kappa shape index (κ2) is 6.25. The third-order valence-electron chi connectivity index (χ3n) is 2.81. The molecule has 20 heavy (non-hydrogen) atoms. The first-order valence-electron chi connectivity index (χ1n) is 6.13. The summed E-state index contributed by atoms with van der Waals surface area (Å²) >= 11 is 0. The third kappa shape index (κ3) is 3.39. The van der Waals surface area contributed by atoms with Crippen LogP contribution in [0.4, 0.5) is 4.79 Å². The summed E-state index contributed by atoms with van der Waals surface area (Å²) in [5.41, 5.74) is 0. The molecule has 0 aliphatic carbocycles. The van der Waals surface area contributed by atoms with Crippen molar-refractivity contribution < 1.29 is 24.2 Å². The Hall–Kier alpha value is -2.28. The summed E-state index contributed by atoms with van der Waals surface area (Å²) in [6.45, 7) is -0.138. The molecule has 0 spiro atoms. The number of hydrogen-bond acceptors (Lipinski definition) is 5. The van der Waals surface area contributed by atoms with Crippen molar-refractivity contribution in [2.45, 2.75) is 6.10 Å². The molecule has 0 radical (unpaired) electrons.